The fourth-order valence-electron chi connectivity index (χ4n) is 4.44. The maximum atomic E-state index is 12.2. The lowest BCUT2D eigenvalue weighted by molar-refractivity contribution is -0.120. The molecule has 0 aliphatic carbocycles. The number of hydrogen-bond acceptors (Lipinski definition) is 2. The second-order valence-electron chi connectivity index (χ2n) is 8.74. The van der Waals surface area contributed by atoms with E-state index in [1.807, 2.05) is 18.2 Å². The van der Waals surface area contributed by atoms with Gasteiger partial charge >= 0.3 is 0 Å². The summed E-state index contributed by atoms with van der Waals surface area (Å²) in [5, 5.41) is 3.07. The summed E-state index contributed by atoms with van der Waals surface area (Å²) in [5.41, 5.74) is 5.80. The summed E-state index contributed by atoms with van der Waals surface area (Å²) in [7, 11) is 0. The van der Waals surface area contributed by atoms with Crippen molar-refractivity contribution in [1.29, 1.82) is 0 Å². The van der Waals surface area contributed by atoms with E-state index in [9.17, 15) is 4.79 Å². The van der Waals surface area contributed by atoms with Crippen LogP contribution >= 0.6 is 0 Å². The standard InChI is InChI=1S/C29H33N3O/c1-22-13-8-9-16-25(22)21-29(33)30-20-12-4-7-19-28-31-26-17-10-11-18-27(26)32(28)23(2)24-14-5-3-6-15-24/h3,5-6,8-11,13-18,23H,4,7,12,19-21H2,1-2H3,(H,30,33). The minimum atomic E-state index is 0.0998. The van der Waals surface area contributed by atoms with Crippen LogP contribution in [0.25, 0.3) is 11.0 Å². The Balaban J connectivity index is 1.31. The van der Waals surface area contributed by atoms with Gasteiger partial charge in [-0.05, 0) is 55.5 Å². The Morgan fingerprint density at radius 2 is 1.64 bits per heavy atom. The van der Waals surface area contributed by atoms with Crippen LogP contribution in [0.2, 0.25) is 0 Å². The molecule has 0 spiro atoms. The Kier molecular flexibility index (Phi) is 7.56. The van der Waals surface area contributed by atoms with Crippen LogP contribution in [-0.2, 0) is 17.6 Å². The first-order valence-electron chi connectivity index (χ1n) is 12.0. The molecule has 1 unspecified atom stereocenters. The number of fused-ring (bicyclic) bond motifs is 1. The molecule has 0 bridgehead atoms. The molecule has 1 heterocycles. The quantitative estimate of drug-likeness (QED) is 0.307. The topological polar surface area (TPSA) is 46.9 Å². The summed E-state index contributed by atoms with van der Waals surface area (Å²) in [4.78, 5) is 17.2. The Bertz CT molecular complexity index is 1200. The predicted octanol–water partition coefficient (Wildman–Crippen LogP) is 6.03. The summed E-state index contributed by atoms with van der Waals surface area (Å²) in [6.07, 6.45) is 4.48. The van der Waals surface area contributed by atoms with Crippen LogP contribution in [0.4, 0.5) is 0 Å². The number of benzene rings is 3. The van der Waals surface area contributed by atoms with E-state index in [-0.39, 0.29) is 11.9 Å². The smallest absolute Gasteiger partial charge is 0.224 e. The fourth-order valence-corrected chi connectivity index (χ4v) is 4.44. The number of carbonyl (C=O) groups is 1. The highest BCUT2D eigenvalue weighted by Crippen LogP contribution is 2.26. The van der Waals surface area contributed by atoms with Gasteiger partial charge in [-0.25, -0.2) is 4.98 Å². The molecule has 1 atom stereocenters. The van der Waals surface area contributed by atoms with Crippen LogP contribution in [0.15, 0.2) is 78.9 Å². The number of amides is 1. The van der Waals surface area contributed by atoms with Crippen molar-refractivity contribution >= 4 is 16.9 Å². The maximum Gasteiger partial charge on any atom is 0.224 e. The summed E-state index contributed by atoms with van der Waals surface area (Å²) >= 11 is 0. The third kappa shape index (κ3) is 5.70. The monoisotopic (exact) mass is 439 g/mol. The van der Waals surface area contributed by atoms with Crippen LogP contribution < -0.4 is 5.32 Å². The second kappa shape index (κ2) is 11.0. The van der Waals surface area contributed by atoms with Gasteiger partial charge in [0.15, 0.2) is 0 Å². The predicted molar refractivity (Wildman–Crippen MR) is 135 cm³/mol. The molecule has 0 saturated carbocycles. The molecule has 0 aliphatic rings. The number of rotatable bonds is 10. The zero-order chi connectivity index (χ0) is 23.0. The molecule has 1 N–H and O–H groups in total. The number of unbranched alkanes of at least 4 members (excludes halogenated alkanes) is 2. The molecule has 0 radical (unpaired) electrons. The van der Waals surface area contributed by atoms with Gasteiger partial charge in [0, 0.05) is 13.0 Å². The minimum absolute atomic E-state index is 0.0998. The molecule has 4 rings (SSSR count). The van der Waals surface area contributed by atoms with Gasteiger partial charge in [-0.1, -0.05) is 73.2 Å². The van der Waals surface area contributed by atoms with Crippen LogP contribution in [0.3, 0.4) is 0 Å². The molecule has 0 fully saturated rings. The Labute approximate surface area is 196 Å². The van der Waals surface area contributed by atoms with Gasteiger partial charge in [-0.15, -0.1) is 0 Å². The highest BCUT2D eigenvalue weighted by atomic mass is 16.1. The minimum Gasteiger partial charge on any atom is -0.356 e. The van der Waals surface area contributed by atoms with Gasteiger partial charge < -0.3 is 9.88 Å². The summed E-state index contributed by atoms with van der Waals surface area (Å²) in [5.74, 6) is 1.24. The number of para-hydroxylation sites is 2. The number of hydrogen-bond donors (Lipinski definition) is 1. The van der Waals surface area contributed by atoms with Crippen molar-refractivity contribution in [2.24, 2.45) is 0 Å². The zero-order valence-corrected chi connectivity index (χ0v) is 19.6. The Hall–Kier alpha value is -3.40. The van der Waals surface area contributed by atoms with Crippen molar-refractivity contribution in [3.05, 3.63) is 101 Å². The Morgan fingerprint density at radius 1 is 0.909 bits per heavy atom. The first-order chi connectivity index (χ1) is 16.1. The lowest BCUT2D eigenvalue weighted by atomic mass is 10.1. The SMILES string of the molecule is Cc1ccccc1CC(=O)NCCCCCc1nc2ccccc2n1C(C)c1ccccc1. The van der Waals surface area contributed by atoms with E-state index in [1.165, 1.54) is 16.6 Å². The molecule has 1 amide bonds. The summed E-state index contributed by atoms with van der Waals surface area (Å²) in [6.45, 7) is 5.02. The second-order valence-corrected chi connectivity index (χ2v) is 8.74. The van der Waals surface area contributed by atoms with E-state index < -0.39 is 0 Å². The number of aryl methyl sites for hydroxylation is 2. The van der Waals surface area contributed by atoms with Gasteiger partial charge in [0.05, 0.1) is 23.5 Å². The molecular formula is C29H33N3O. The van der Waals surface area contributed by atoms with Crippen LogP contribution in [-0.4, -0.2) is 22.0 Å². The average molecular weight is 440 g/mol. The number of imidazole rings is 1. The molecule has 4 aromatic rings. The lowest BCUT2D eigenvalue weighted by Gasteiger charge is -2.18. The number of nitrogens with one attached hydrogen (secondary N) is 1. The number of nitrogens with zero attached hydrogens (tertiary/aromatic N) is 2. The van der Waals surface area contributed by atoms with Crippen molar-refractivity contribution < 1.29 is 4.79 Å². The van der Waals surface area contributed by atoms with Gasteiger partial charge in [-0.2, -0.15) is 0 Å². The molecule has 4 heteroatoms. The zero-order valence-electron chi connectivity index (χ0n) is 19.6. The number of aromatic nitrogens is 2. The molecule has 1 aromatic heterocycles. The Morgan fingerprint density at radius 3 is 2.45 bits per heavy atom. The van der Waals surface area contributed by atoms with Crippen molar-refractivity contribution in [2.45, 2.75) is 52.0 Å². The van der Waals surface area contributed by atoms with Crippen molar-refractivity contribution in [3.8, 4) is 0 Å². The third-order valence-corrected chi connectivity index (χ3v) is 6.35. The molecule has 33 heavy (non-hydrogen) atoms. The lowest BCUT2D eigenvalue weighted by Crippen LogP contribution is -2.26. The molecule has 3 aromatic carbocycles. The van der Waals surface area contributed by atoms with E-state index in [4.69, 9.17) is 4.98 Å². The first-order valence-corrected chi connectivity index (χ1v) is 12.0. The molecule has 4 nitrogen and oxygen atoms in total. The van der Waals surface area contributed by atoms with Gasteiger partial charge in [0.1, 0.15) is 5.82 Å². The highest BCUT2D eigenvalue weighted by Gasteiger charge is 2.16. The maximum absolute atomic E-state index is 12.2. The first kappa shape index (κ1) is 22.8. The number of carbonyl (C=O) groups excluding carboxylic acids is 1. The molecule has 0 aliphatic heterocycles. The van der Waals surface area contributed by atoms with Gasteiger partial charge in [0.25, 0.3) is 0 Å². The van der Waals surface area contributed by atoms with Gasteiger partial charge in [0.2, 0.25) is 5.91 Å². The van der Waals surface area contributed by atoms with Crippen LogP contribution in [0, 0.1) is 6.92 Å². The third-order valence-electron chi connectivity index (χ3n) is 6.35. The van der Waals surface area contributed by atoms with E-state index >= 15 is 0 Å². The highest BCUT2D eigenvalue weighted by molar-refractivity contribution is 5.79. The molecular weight excluding hydrogens is 406 g/mol. The normalized spacial score (nSPS) is 12.1. The largest absolute Gasteiger partial charge is 0.356 e. The molecule has 0 saturated heterocycles. The van der Waals surface area contributed by atoms with Crippen molar-refractivity contribution in [2.75, 3.05) is 6.54 Å². The average Bonchev–Trinajstić information content (AvgIpc) is 3.21. The van der Waals surface area contributed by atoms with E-state index in [0.717, 1.165) is 49.1 Å². The van der Waals surface area contributed by atoms with E-state index in [1.54, 1.807) is 0 Å². The van der Waals surface area contributed by atoms with Gasteiger partial charge in [-0.3, -0.25) is 4.79 Å². The fraction of sp³-hybridized carbons (Fsp3) is 0.310. The van der Waals surface area contributed by atoms with Crippen LogP contribution in [0.1, 0.15) is 54.7 Å². The van der Waals surface area contributed by atoms with Crippen LogP contribution in [0.5, 0.6) is 0 Å². The van der Waals surface area contributed by atoms with E-state index in [0.29, 0.717) is 6.42 Å². The van der Waals surface area contributed by atoms with Crippen molar-refractivity contribution in [1.82, 2.24) is 14.9 Å². The van der Waals surface area contributed by atoms with Crippen molar-refractivity contribution in [3.63, 3.8) is 0 Å². The van der Waals surface area contributed by atoms with E-state index in [2.05, 4.69) is 84.4 Å². The summed E-state index contributed by atoms with van der Waals surface area (Å²) in [6, 6.07) is 27.3. The molecule has 170 valence electrons. The summed E-state index contributed by atoms with van der Waals surface area (Å²) < 4.78 is 2.38.